The van der Waals surface area contributed by atoms with Gasteiger partial charge in [-0.25, -0.2) is 0 Å². The molecule has 1 aromatic rings. The van der Waals surface area contributed by atoms with Gasteiger partial charge < -0.3 is 4.90 Å². The molecular weight excluding hydrogens is 256 g/mol. The minimum atomic E-state index is -0.328. The lowest BCUT2D eigenvalue weighted by Gasteiger charge is -2.30. The van der Waals surface area contributed by atoms with Crippen molar-refractivity contribution in [3.8, 4) is 6.07 Å². The summed E-state index contributed by atoms with van der Waals surface area (Å²) in [5, 5.41) is 8.78. The highest BCUT2D eigenvalue weighted by Gasteiger charge is 2.40. The molecule has 1 atom stereocenters. The van der Waals surface area contributed by atoms with Crippen LogP contribution in [0.5, 0.6) is 0 Å². The second-order valence-electron chi connectivity index (χ2n) is 4.88. The number of hydrogen-bond donors (Lipinski definition) is 0. The summed E-state index contributed by atoms with van der Waals surface area (Å²) in [7, 11) is 0. The first-order chi connectivity index (χ1) is 9.17. The van der Waals surface area contributed by atoms with Crippen LogP contribution in [0.15, 0.2) is 30.3 Å². The summed E-state index contributed by atoms with van der Waals surface area (Å²) in [6.07, 6.45) is 2.38. The Labute approximate surface area is 118 Å². The molecule has 0 aliphatic carbocycles. The van der Waals surface area contributed by atoms with E-state index in [1.807, 2.05) is 37.3 Å². The predicted octanol–water partition coefficient (Wildman–Crippen LogP) is 3.22. The Morgan fingerprint density at radius 1 is 1.47 bits per heavy atom. The van der Waals surface area contributed by atoms with Crippen LogP contribution in [0.2, 0.25) is 0 Å². The third-order valence-electron chi connectivity index (χ3n) is 3.43. The van der Waals surface area contributed by atoms with Gasteiger partial charge in [0.15, 0.2) is 0 Å². The fourth-order valence-corrected chi connectivity index (χ4v) is 3.61. The van der Waals surface area contributed by atoms with Crippen LogP contribution in [0, 0.1) is 11.3 Å². The number of nitrogens with zero attached hydrogens (tertiary/aromatic N) is 2. The zero-order chi connectivity index (χ0) is 13.7. The molecule has 1 unspecified atom stereocenters. The summed E-state index contributed by atoms with van der Waals surface area (Å²) in [4.78, 5) is 14.5. The highest BCUT2D eigenvalue weighted by Crippen LogP contribution is 2.40. The van der Waals surface area contributed by atoms with Gasteiger partial charge in [-0.3, -0.25) is 4.79 Å². The van der Waals surface area contributed by atoms with Crippen LogP contribution in [-0.2, 0) is 4.79 Å². The average molecular weight is 274 g/mol. The minimum absolute atomic E-state index is 0.136. The monoisotopic (exact) mass is 274 g/mol. The van der Waals surface area contributed by atoms with Gasteiger partial charge in [0.25, 0.3) is 0 Å². The number of hydrogen-bond acceptors (Lipinski definition) is 3. The number of anilines is 1. The van der Waals surface area contributed by atoms with Crippen molar-refractivity contribution in [1.82, 2.24) is 0 Å². The van der Waals surface area contributed by atoms with Gasteiger partial charge in [0.2, 0.25) is 5.91 Å². The lowest BCUT2D eigenvalue weighted by molar-refractivity contribution is -0.120. The lowest BCUT2D eigenvalue weighted by atomic mass is 10.0. The van der Waals surface area contributed by atoms with Crippen LogP contribution >= 0.6 is 11.8 Å². The molecule has 1 aliphatic heterocycles. The van der Waals surface area contributed by atoms with Crippen LogP contribution in [-0.4, -0.2) is 23.0 Å². The number of para-hydroxylation sites is 1. The predicted molar refractivity (Wildman–Crippen MR) is 79.1 cm³/mol. The maximum absolute atomic E-state index is 12.8. The van der Waals surface area contributed by atoms with E-state index in [-0.39, 0.29) is 10.7 Å². The fourth-order valence-electron chi connectivity index (χ4n) is 2.35. The number of nitriles is 1. The van der Waals surface area contributed by atoms with Crippen molar-refractivity contribution in [2.24, 2.45) is 0 Å². The van der Waals surface area contributed by atoms with E-state index in [9.17, 15) is 4.79 Å². The molecule has 2 rings (SSSR count). The van der Waals surface area contributed by atoms with Gasteiger partial charge in [-0.15, -0.1) is 11.8 Å². The molecule has 3 nitrogen and oxygen atoms in total. The third kappa shape index (κ3) is 3.10. The van der Waals surface area contributed by atoms with E-state index >= 15 is 0 Å². The van der Waals surface area contributed by atoms with Crippen LogP contribution in [0.25, 0.3) is 0 Å². The van der Waals surface area contributed by atoms with Gasteiger partial charge in [0.05, 0.1) is 17.2 Å². The molecule has 1 heterocycles. The Morgan fingerprint density at radius 3 is 2.79 bits per heavy atom. The van der Waals surface area contributed by atoms with Crippen LogP contribution in [0.3, 0.4) is 0 Å². The Hall–Kier alpha value is -1.47. The Morgan fingerprint density at radius 2 is 2.21 bits per heavy atom. The van der Waals surface area contributed by atoms with E-state index < -0.39 is 0 Å². The molecule has 1 fully saturated rings. The molecule has 1 amide bonds. The summed E-state index contributed by atoms with van der Waals surface area (Å²) >= 11 is 1.74. The zero-order valence-corrected chi connectivity index (χ0v) is 11.9. The fraction of sp³-hybridized carbons (Fsp3) is 0.467. The molecule has 4 heteroatoms. The summed E-state index contributed by atoms with van der Waals surface area (Å²) in [5.41, 5.74) is 0.886. The smallest absolute Gasteiger partial charge is 0.242 e. The van der Waals surface area contributed by atoms with E-state index in [2.05, 4.69) is 6.07 Å². The number of amides is 1. The van der Waals surface area contributed by atoms with Crippen molar-refractivity contribution in [2.75, 3.05) is 17.2 Å². The molecule has 1 aromatic carbocycles. The summed E-state index contributed by atoms with van der Waals surface area (Å²) in [5.74, 6) is 1.18. The molecule has 1 saturated heterocycles. The Balaban J connectivity index is 2.23. The van der Waals surface area contributed by atoms with Gasteiger partial charge in [0.1, 0.15) is 0 Å². The standard InChI is InChI=1S/C15H18N2OS/c1-15(9-5-12-19-15)14(18)17(11-6-10-16)13-7-3-2-4-8-13/h2-4,7-8H,5-6,9,11-12H2,1H3. The van der Waals surface area contributed by atoms with E-state index in [1.54, 1.807) is 16.7 Å². The second-order valence-corrected chi connectivity index (χ2v) is 6.48. The summed E-state index contributed by atoms with van der Waals surface area (Å²) in [6.45, 7) is 2.49. The number of carbonyl (C=O) groups is 1. The van der Waals surface area contributed by atoms with Crippen molar-refractivity contribution in [1.29, 1.82) is 5.26 Å². The third-order valence-corrected chi connectivity index (χ3v) is 4.94. The molecule has 0 saturated carbocycles. The summed E-state index contributed by atoms with van der Waals surface area (Å²) in [6, 6.07) is 11.8. The van der Waals surface area contributed by atoms with E-state index in [4.69, 9.17) is 5.26 Å². The van der Waals surface area contributed by atoms with Crippen LogP contribution < -0.4 is 4.90 Å². The van der Waals surface area contributed by atoms with Crippen molar-refractivity contribution >= 4 is 23.4 Å². The molecule has 0 N–H and O–H groups in total. The highest BCUT2D eigenvalue weighted by molar-refractivity contribution is 8.01. The van der Waals surface area contributed by atoms with E-state index in [0.717, 1.165) is 24.3 Å². The van der Waals surface area contributed by atoms with Crippen molar-refractivity contribution in [2.45, 2.75) is 30.9 Å². The molecular formula is C15H18N2OS. The topological polar surface area (TPSA) is 44.1 Å². The van der Waals surface area contributed by atoms with Gasteiger partial charge >= 0.3 is 0 Å². The summed E-state index contributed by atoms with van der Waals surface area (Å²) < 4.78 is -0.328. The molecule has 0 bridgehead atoms. The van der Waals surface area contributed by atoms with Crippen molar-refractivity contribution < 1.29 is 4.79 Å². The van der Waals surface area contributed by atoms with E-state index in [1.165, 1.54) is 0 Å². The minimum Gasteiger partial charge on any atom is -0.310 e. The maximum atomic E-state index is 12.8. The Bertz CT molecular complexity index is 475. The number of benzene rings is 1. The number of rotatable bonds is 4. The Kier molecular flexibility index (Phi) is 4.49. The van der Waals surface area contributed by atoms with Gasteiger partial charge in [-0.05, 0) is 37.7 Å². The van der Waals surface area contributed by atoms with Crippen LogP contribution in [0.4, 0.5) is 5.69 Å². The van der Waals surface area contributed by atoms with Crippen molar-refractivity contribution in [3.05, 3.63) is 30.3 Å². The lowest BCUT2D eigenvalue weighted by Crippen LogP contribution is -2.44. The molecule has 0 aromatic heterocycles. The first kappa shape index (κ1) is 14.0. The van der Waals surface area contributed by atoms with Gasteiger partial charge in [0, 0.05) is 12.2 Å². The molecule has 0 spiro atoms. The molecule has 0 radical (unpaired) electrons. The molecule has 19 heavy (non-hydrogen) atoms. The average Bonchev–Trinajstić information content (AvgIpc) is 2.88. The zero-order valence-electron chi connectivity index (χ0n) is 11.1. The molecule has 1 aliphatic rings. The van der Waals surface area contributed by atoms with Crippen molar-refractivity contribution in [3.63, 3.8) is 0 Å². The number of carbonyl (C=O) groups excluding carboxylic acids is 1. The second kappa shape index (κ2) is 6.12. The maximum Gasteiger partial charge on any atom is 0.242 e. The van der Waals surface area contributed by atoms with E-state index in [0.29, 0.717) is 13.0 Å². The number of thioether (sulfide) groups is 1. The highest BCUT2D eigenvalue weighted by atomic mass is 32.2. The molecule has 100 valence electrons. The normalized spacial score (nSPS) is 21.9. The SMILES string of the molecule is CC1(C(=O)N(CCC#N)c2ccccc2)CCCS1. The van der Waals surface area contributed by atoms with Crippen LogP contribution in [0.1, 0.15) is 26.2 Å². The largest absolute Gasteiger partial charge is 0.310 e. The first-order valence-electron chi connectivity index (χ1n) is 6.55. The first-order valence-corrected chi connectivity index (χ1v) is 7.54. The van der Waals surface area contributed by atoms with Gasteiger partial charge in [-0.1, -0.05) is 18.2 Å². The quantitative estimate of drug-likeness (QED) is 0.846. The van der Waals surface area contributed by atoms with Gasteiger partial charge in [-0.2, -0.15) is 5.26 Å².